The van der Waals surface area contributed by atoms with E-state index >= 15 is 0 Å². The van der Waals surface area contributed by atoms with Crippen LogP contribution in [0.3, 0.4) is 0 Å². The van der Waals surface area contributed by atoms with Crippen LogP contribution in [0.2, 0.25) is 0 Å². The molecule has 0 aliphatic heterocycles. The fourth-order valence-electron chi connectivity index (χ4n) is 1.37. The van der Waals surface area contributed by atoms with Crippen molar-refractivity contribution in [2.45, 2.75) is 13.3 Å². The van der Waals surface area contributed by atoms with Crippen molar-refractivity contribution in [3.63, 3.8) is 0 Å². The Labute approximate surface area is 93.7 Å². The lowest BCUT2D eigenvalue weighted by molar-refractivity contribution is 0.617. The third kappa shape index (κ3) is 1.67. The zero-order valence-corrected chi connectivity index (χ0v) is 9.58. The van der Waals surface area contributed by atoms with Crippen LogP contribution in [-0.4, -0.2) is 9.38 Å². The minimum absolute atomic E-state index is 0.281. The third-order valence-corrected chi connectivity index (χ3v) is 2.93. The van der Waals surface area contributed by atoms with Crippen LogP contribution in [0.4, 0.5) is 4.39 Å². The van der Waals surface area contributed by atoms with Crippen LogP contribution in [0.25, 0.3) is 5.65 Å². The number of nitrogens with zero attached hydrogens (tertiary/aromatic N) is 2. The van der Waals surface area contributed by atoms with Gasteiger partial charge < -0.3 is 0 Å². The zero-order valence-electron chi connectivity index (χ0n) is 8.00. The van der Waals surface area contributed by atoms with Gasteiger partial charge >= 0.3 is 0 Å². The van der Waals surface area contributed by atoms with Gasteiger partial charge in [-0.05, 0) is 34.5 Å². The topological polar surface area (TPSA) is 34.4 Å². The van der Waals surface area contributed by atoms with E-state index in [2.05, 4.69) is 20.9 Å². The fourth-order valence-corrected chi connectivity index (χ4v) is 1.93. The van der Waals surface area contributed by atoms with Crippen molar-refractivity contribution in [3.05, 3.63) is 44.7 Å². The monoisotopic (exact) mass is 270 g/mol. The van der Waals surface area contributed by atoms with E-state index in [0.29, 0.717) is 22.2 Å². The Bertz CT molecular complexity index is 579. The average Bonchev–Trinajstić information content (AvgIpc) is 2.24. The van der Waals surface area contributed by atoms with E-state index in [0.717, 1.165) is 6.20 Å². The Morgan fingerprint density at radius 1 is 1.53 bits per heavy atom. The largest absolute Gasteiger partial charge is 0.272 e. The van der Waals surface area contributed by atoms with Crippen molar-refractivity contribution < 1.29 is 4.39 Å². The van der Waals surface area contributed by atoms with Crippen molar-refractivity contribution in [1.29, 1.82) is 0 Å². The lowest BCUT2D eigenvalue weighted by Crippen LogP contribution is -2.18. The SMILES string of the molecule is CCc1nc2ccc(F)cn2c(=O)c1Br. The molecule has 2 aromatic rings. The summed E-state index contributed by atoms with van der Waals surface area (Å²) in [6, 6.07) is 2.78. The van der Waals surface area contributed by atoms with Gasteiger partial charge in [0.05, 0.1) is 5.69 Å². The zero-order chi connectivity index (χ0) is 11.0. The van der Waals surface area contributed by atoms with E-state index in [1.165, 1.54) is 16.5 Å². The first-order chi connectivity index (χ1) is 7.13. The number of aromatic nitrogens is 2. The first-order valence-corrected chi connectivity index (χ1v) is 5.29. The van der Waals surface area contributed by atoms with Gasteiger partial charge in [-0.2, -0.15) is 0 Å². The first-order valence-electron chi connectivity index (χ1n) is 4.49. The molecule has 0 aliphatic carbocycles. The molecule has 15 heavy (non-hydrogen) atoms. The second-order valence-corrected chi connectivity index (χ2v) is 3.90. The summed E-state index contributed by atoms with van der Waals surface area (Å²) < 4.78 is 14.5. The molecule has 2 rings (SSSR count). The summed E-state index contributed by atoms with van der Waals surface area (Å²) in [6.45, 7) is 1.91. The van der Waals surface area contributed by atoms with Crippen LogP contribution >= 0.6 is 15.9 Å². The van der Waals surface area contributed by atoms with Gasteiger partial charge in [0.1, 0.15) is 15.9 Å². The highest BCUT2D eigenvalue weighted by molar-refractivity contribution is 9.10. The Hall–Kier alpha value is -1.23. The second kappa shape index (κ2) is 3.73. The predicted octanol–water partition coefficient (Wildman–Crippen LogP) is 2.16. The minimum atomic E-state index is -0.456. The molecule has 0 unspecified atom stereocenters. The van der Waals surface area contributed by atoms with E-state index in [1.807, 2.05) is 6.92 Å². The van der Waals surface area contributed by atoms with Gasteiger partial charge in [0.15, 0.2) is 0 Å². The molecule has 5 heteroatoms. The van der Waals surface area contributed by atoms with Gasteiger partial charge in [0.25, 0.3) is 5.56 Å². The number of rotatable bonds is 1. The van der Waals surface area contributed by atoms with Crippen LogP contribution in [0.5, 0.6) is 0 Å². The number of hydrogen-bond acceptors (Lipinski definition) is 2. The average molecular weight is 271 g/mol. The molecule has 0 aromatic carbocycles. The molecular weight excluding hydrogens is 263 g/mol. The molecule has 0 N–H and O–H groups in total. The Balaban J connectivity index is 2.91. The van der Waals surface area contributed by atoms with Crippen LogP contribution in [0.1, 0.15) is 12.6 Å². The maximum Gasteiger partial charge on any atom is 0.272 e. The molecule has 0 atom stereocenters. The van der Waals surface area contributed by atoms with Gasteiger partial charge in [0.2, 0.25) is 0 Å². The van der Waals surface area contributed by atoms with Crippen LogP contribution in [0.15, 0.2) is 27.6 Å². The van der Waals surface area contributed by atoms with Crippen molar-refractivity contribution in [1.82, 2.24) is 9.38 Å². The molecule has 0 saturated heterocycles. The highest BCUT2D eigenvalue weighted by Crippen LogP contribution is 2.11. The Kier molecular flexibility index (Phi) is 2.56. The summed E-state index contributed by atoms with van der Waals surface area (Å²) in [5.74, 6) is -0.456. The van der Waals surface area contributed by atoms with E-state index in [4.69, 9.17) is 0 Å². The molecule has 0 aliphatic rings. The molecule has 2 heterocycles. The lowest BCUT2D eigenvalue weighted by Gasteiger charge is -2.04. The number of aryl methyl sites for hydroxylation is 1. The Morgan fingerprint density at radius 3 is 2.93 bits per heavy atom. The standard InChI is InChI=1S/C10H8BrFN2O/c1-2-7-9(11)10(15)14-5-6(12)3-4-8(14)13-7/h3-5H,2H2,1H3. The van der Waals surface area contributed by atoms with E-state index < -0.39 is 5.82 Å². The first kappa shape index (κ1) is 10.3. The van der Waals surface area contributed by atoms with Crippen molar-refractivity contribution in [2.24, 2.45) is 0 Å². The Morgan fingerprint density at radius 2 is 2.27 bits per heavy atom. The van der Waals surface area contributed by atoms with Crippen molar-refractivity contribution in [2.75, 3.05) is 0 Å². The minimum Gasteiger partial charge on any atom is -0.268 e. The second-order valence-electron chi connectivity index (χ2n) is 3.11. The molecule has 78 valence electrons. The maximum atomic E-state index is 12.9. The van der Waals surface area contributed by atoms with Gasteiger partial charge in [-0.15, -0.1) is 0 Å². The van der Waals surface area contributed by atoms with E-state index in [1.54, 1.807) is 0 Å². The summed E-state index contributed by atoms with van der Waals surface area (Å²) in [6.07, 6.45) is 1.79. The number of halogens is 2. The van der Waals surface area contributed by atoms with Gasteiger partial charge in [-0.1, -0.05) is 6.92 Å². The molecule has 0 spiro atoms. The summed E-state index contributed by atoms with van der Waals surface area (Å²) in [5, 5.41) is 0. The quantitative estimate of drug-likeness (QED) is 0.796. The van der Waals surface area contributed by atoms with E-state index in [9.17, 15) is 9.18 Å². The summed E-state index contributed by atoms with van der Waals surface area (Å²) >= 11 is 3.17. The number of hydrogen-bond donors (Lipinski definition) is 0. The normalized spacial score (nSPS) is 10.9. The van der Waals surface area contributed by atoms with Crippen LogP contribution in [-0.2, 0) is 6.42 Å². The van der Waals surface area contributed by atoms with Gasteiger partial charge in [-0.25, -0.2) is 9.37 Å². The van der Waals surface area contributed by atoms with Crippen LogP contribution < -0.4 is 5.56 Å². The van der Waals surface area contributed by atoms with Crippen molar-refractivity contribution in [3.8, 4) is 0 Å². The molecule has 2 aromatic heterocycles. The number of fused-ring (bicyclic) bond motifs is 1. The predicted molar refractivity (Wildman–Crippen MR) is 58.5 cm³/mol. The summed E-state index contributed by atoms with van der Waals surface area (Å²) in [5.41, 5.74) is 0.865. The molecule has 0 fully saturated rings. The lowest BCUT2D eigenvalue weighted by atomic mass is 10.3. The smallest absolute Gasteiger partial charge is 0.268 e. The maximum absolute atomic E-state index is 12.9. The third-order valence-electron chi connectivity index (χ3n) is 2.14. The molecule has 0 bridgehead atoms. The number of pyridine rings is 1. The molecular formula is C10H8BrFN2O. The fraction of sp³-hybridized carbons (Fsp3) is 0.200. The summed E-state index contributed by atoms with van der Waals surface area (Å²) in [7, 11) is 0. The molecule has 3 nitrogen and oxygen atoms in total. The highest BCUT2D eigenvalue weighted by atomic mass is 79.9. The van der Waals surface area contributed by atoms with Gasteiger partial charge in [-0.3, -0.25) is 9.20 Å². The van der Waals surface area contributed by atoms with E-state index in [-0.39, 0.29) is 5.56 Å². The molecule has 0 amide bonds. The molecule has 0 radical (unpaired) electrons. The van der Waals surface area contributed by atoms with Crippen LogP contribution in [0, 0.1) is 5.82 Å². The van der Waals surface area contributed by atoms with Crippen molar-refractivity contribution >= 4 is 21.6 Å². The molecule has 0 saturated carbocycles. The highest BCUT2D eigenvalue weighted by Gasteiger charge is 2.08. The summed E-state index contributed by atoms with van der Waals surface area (Å²) in [4.78, 5) is 16.0. The van der Waals surface area contributed by atoms with Gasteiger partial charge in [0, 0.05) is 6.20 Å².